The van der Waals surface area contributed by atoms with Crippen LogP contribution in [0, 0.1) is 0 Å². The van der Waals surface area contributed by atoms with E-state index in [1.54, 1.807) is 11.1 Å². The van der Waals surface area contributed by atoms with Gasteiger partial charge >= 0.3 is 0 Å². The fourth-order valence-corrected chi connectivity index (χ4v) is 1.83. The standard InChI is InChI=1S/C12H21N/c1-5-7-11-8-6-9-12(11)10(2)13(3)4/h6,8,10H,5,7,9H2,1-4H3/t10-/m1/s1. The molecule has 0 aromatic carbocycles. The highest BCUT2D eigenvalue weighted by Gasteiger charge is 2.16. The molecule has 0 heterocycles. The molecule has 1 aliphatic rings. The molecule has 1 atom stereocenters. The van der Waals surface area contributed by atoms with Crippen LogP contribution >= 0.6 is 0 Å². The Kier molecular flexibility index (Phi) is 3.73. The third-order valence-corrected chi connectivity index (χ3v) is 2.87. The zero-order chi connectivity index (χ0) is 9.84. The van der Waals surface area contributed by atoms with Gasteiger partial charge in [0.15, 0.2) is 0 Å². The summed E-state index contributed by atoms with van der Waals surface area (Å²) >= 11 is 0. The third kappa shape index (κ3) is 2.44. The monoisotopic (exact) mass is 179 g/mol. The average Bonchev–Trinajstić information content (AvgIpc) is 2.52. The van der Waals surface area contributed by atoms with Crippen molar-refractivity contribution in [3.63, 3.8) is 0 Å². The van der Waals surface area contributed by atoms with E-state index in [1.807, 2.05) is 0 Å². The smallest absolute Gasteiger partial charge is 0.0282 e. The zero-order valence-electron chi connectivity index (χ0n) is 9.30. The summed E-state index contributed by atoms with van der Waals surface area (Å²) in [7, 11) is 4.30. The summed E-state index contributed by atoms with van der Waals surface area (Å²) in [5.74, 6) is 0. The van der Waals surface area contributed by atoms with Crippen LogP contribution in [0.15, 0.2) is 23.3 Å². The molecule has 1 nitrogen and oxygen atoms in total. The number of likely N-dealkylation sites (N-methyl/N-ethyl adjacent to an activating group) is 1. The van der Waals surface area contributed by atoms with Gasteiger partial charge in [0.2, 0.25) is 0 Å². The average molecular weight is 179 g/mol. The number of nitrogens with zero attached hydrogens (tertiary/aromatic N) is 1. The Morgan fingerprint density at radius 2 is 2.15 bits per heavy atom. The van der Waals surface area contributed by atoms with Gasteiger partial charge < -0.3 is 4.90 Å². The van der Waals surface area contributed by atoms with Gasteiger partial charge in [0.1, 0.15) is 0 Å². The van der Waals surface area contributed by atoms with E-state index in [9.17, 15) is 0 Å². The highest BCUT2D eigenvalue weighted by molar-refractivity contribution is 5.36. The molecule has 0 fully saturated rings. The van der Waals surface area contributed by atoms with E-state index in [0.717, 1.165) is 6.42 Å². The van der Waals surface area contributed by atoms with Gasteiger partial charge in [-0.1, -0.05) is 25.5 Å². The van der Waals surface area contributed by atoms with Gasteiger partial charge in [0.05, 0.1) is 0 Å². The Morgan fingerprint density at radius 3 is 2.69 bits per heavy atom. The number of hydrogen-bond acceptors (Lipinski definition) is 1. The summed E-state index contributed by atoms with van der Waals surface area (Å²) in [5.41, 5.74) is 3.19. The minimum atomic E-state index is 0.594. The lowest BCUT2D eigenvalue weighted by atomic mass is 10.00. The van der Waals surface area contributed by atoms with Crippen molar-refractivity contribution >= 4 is 0 Å². The second-order valence-corrected chi connectivity index (χ2v) is 4.05. The normalized spacial score (nSPS) is 18.8. The number of rotatable bonds is 4. The fourth-order valence-electron chi connectivity index (χ4n) is 1.83. The molecule has 0 saturated heterocycles. The van der Waals surface area contributed by atoms with Crippen LogP contribution in [0.2, 0.25) is 0 Å². The minimum absolute atomic E-state index is 0.594. The predicted octanol–water partition coefficient (Wildman–Crippen LogP) is 2.99. The van der Waals surface area contributed by atoms with Gasteiger partial charge in [-0.05, 0) is 45.0 Å². The van der Waals surface area contributed by atoms with Crippen molar-refractivity contribution in [3.05, 3.63) is 23.3 Å². The summed E-state index contributed by atoms with van der Waals surface area (Å²) in [6.45, 7) is 4.54. The van der Waals surface area contributed by atoms with Crippen molar-refractivity contribution < 1.29 is 0 Å². The Balaban J connectivity index is 2.72. The van der Waals surface area contributed by atoms with E-state index < -0.39 is 0 Å². The van der Waals surface area contributed by atoms with E-state index in [-0.39, 0.29) is 0 Å². The van der Waals surface area contributed by atoms with Crippen LogP contribution in [0.5, 0.6) is 0 Å². The Labute approximate surface area is 82.1 Å². The summed E-state index contributed by atoms with van der Waals surface area (Å²) in [5, 5.41) is 0. The van der Waals surface area contributed by atoms with E-state index in [2.05, 4.69) is 45.0 Å². The van der Waals surface area contributed by atoms with Crippen LogP contribution in [0.25, 0.3) is 0 Å². The first-order valence-corrected chi connectivity index (χ1v) is 5.21. The zero-order valence-corrected chi connectivity index (χ0v) is 9.30. The van der Waals surface area contributed by atoms with Crippen LogP contribution in [0.4, 0.5) is 0 Å². The first-order valence-electron chi connectivity index (χ1n) is 5.21. The van der Waals surface area contributed by atoms with Crippen molar-refractivity contribution in [2.75, 3.05) is 14.1 Å². The molecule has 1 aliphatic carbocycles. The SMILES string of the molecule is CCCC1=C([C@@H](C)N(C)C)CC=C1. The largest absolute Gasteiger partial charge is 0.303 e. The maximum atomic E-state index is 2.30. The first-order chi connectivity index (χ1) is 6.16. The number of hydrogen-bond donors (Lipinski definition) is 0. The molecular formula is C12H21N. The molecule has 1 heteroatoms. The molecule has 0 bridgehead atoms. The van der Waals surface area contributed by atoms with Crippen molar-refractivity contribution in [2.45, 2.75) is 39.2 Å². The van der Waals surface area contributed by atoms with E-state index in [1.165, 1.54) is 12.8 Å². The van der Waals surface area contributed by atoms with Crippen molar-refractivity contribution in [1.82, 2.24) is 4.90 Å². The van der Waals surface area contributed by atoms with Crippen LogP contribution in [0.1, 0.15) is 33.1 Å². The van der Waals surface area contributed by atoms with Gasteiger partial charge in [0, 0.05) is 6.04 Å². The highest BCUT2D eigenvalue weighted by Crippen LogP contribution is 2.26. The van der Waals surface area contributed by atoms with Crippen LogP contribution < -0.4 is 0 Å². The number of allylic oxidation sites excluding steroid dienone is 3. The van der Waals surface area contributed by atoms with E-state index in [0.29, 0.717) is 6.04 Å². The Morgan fingerprint density at radius 1 is 1.46 bits per heavy atom. The third-order valence-electron chi connectivity index (χ3n) is 2.87. The molecule has 0 spiro atoms. The van der Waals surface area contributed by atoms with Gasteiger partial charge in [-0.15, -0.1) is 0 Å². The van der Waals surface area contributed by atoms with Crippen molar-refractivity contribution in [2.24, 2.45) is 0 Å². The molecule has 13 heavy (non-hydrogen) atoms. The Bertz CT molecular complexity index is 223. The summed E-state index contributed by atoms with van der Waals surface area (Å²) < 4.78 is 0. The van der Waals surface area contributed by atoms with Gasteiger partial charge in [-0.2, -0.15) is 0 Å². The van der Waals surface area contributed by atoms with Crippen LogP contribution in [-0.4, -0.2) is 25.0 Å². The quantitative estimate of drug-likeness (QED) is 0.641. The molecule has 0 aromatic rings. The predicted molar refractivity (Wildman–Crippen MR) is 58.8 cm³/mol. The minimum Gasteiger partial charge on any atom is -0.303 e. The van der Waals surface area contributed by atoms with Crippen LogP contribution in [0.3, 0.4) is 0 Å². The maximum Gasteiger partial charge on any atom is 0.0282 e. The maximum absolute atomic E-state index is 2.30. The van der Waals surface area contributed by atoms with Crippen LogP contribution in [-0.2, 0) is 0 Å². The summed E-state index contributed by atoms with van der Waals surface area (Å²) in [4.78, 5) is 2.29. The Hall–Kier alpha value is -0.560. The molecule has 1 rings (SSSR count). The second kappa shape index (κ2) is 4.61. The van der Waals surface area contributed by atoms with Gasteiger partial charge in [-0.3, -0.25) is 0 Å². The van der Waals surface area contributed by atoms with Gasteiger partial charge in [0.25, 0.3) is 0 Å². The lowest BCUT2D eigenvalue weighted by Crippen LogP contribution is -2.26. The second-order valence-electron chi connectivity index (χ2n) is 4.05. The lowest BCUT2D eigenvalue weighted by molar-refractivity contribution is 0.346. The van der Waals surface area contributed by atoms with E-state index in [4.69, 9.17) is 0 Å². The van der Waals surface area contributed by atoms with Crippen molar-refractivity contribution in [1.29, 1.82) is 0 Å². The van der Waals surface area contributed by atoms with E-state index >= 15 is 0 Å². The molecule has 0 unspecified atom stereocenters. The molecule has 0 radical (unpaired) electrons. The lowest BCUT2D eigenvalue weighted by Gasteiger charge is -2.22. The fraction of sp³-hybridized carbons (Fsp3) is 0.667. The van der Waals surface area contributed by atoms with Gasteiger partial charge in [-0.25, -0.2) is 0 Å². The molecule has 0 amide bonds. The summed E-state index contributed by atoms with van der Waals surface area (Å²) in [6.07, 6.45) is 8.25. The topological polar surface area (TPSA) is 3.24 Å². The highest BCUT2D eigenvalue weighted by atomic mass is 15.1. The molecular weight excluding hydrogens is 158 g/mol. The van der Waals surface area contributed by atoms with Crippen molar-refractivity contribution in [3.8, 4) is 0 Å². The summed E-state index contributed by atoms with van der Waals surface area (Å²) in [6, 6.07) is 0.594. The molecule has 0 aliphatic heterocycles. The molecule has 0 aromatic heterocycles. The molecule has 74 valence electrons. The molecule has 0 saturated carbocycles. The molecule has 0 N–H and O–H groups in total. The first kappa shape index (κ1) is 10.5.